The maximum atomic E-state index is 13.0. The van der Waals surface area contributed by atoms with Gasteiger partial charge in [-0.15, -0.1) is 0 Å². The number of nitrogens with zero attached hydrogens (tertiary/aromatic N) is 2. The van der Waals surface area contributed by atoms with E-state index in [0.29, 0.717) is 59.5 Å². The molecule has 0 radical (unpaired) electrons. The van der Waals surface area contributed by atoms with Crippen LogP contribution in [0.1, 0.15) is 41.0 Å². The molecule has 0 bridgehead atoms. The van der Waals surface area contributed by atoms with E-state index in [1.54, 1.807) is 37.4 Å². The Labute approximate surface area is 222 Å². The Hall–Kier alpha value is -3.71. The first-order valence-electron chi connectivity index (χ1n) is 12.4. The molecule has 4 rings (SSSR count). The SMILES string of the molecule is CC[C@@H](C)Oc1cccc(C(=O)Nc2ccc(N3CCN(C(=O)c4cc(Cl)ccc4OC)CC3)cc2)c1. The first-order valence-corrected chi connectivity index (χ1v) is 12.8. The van der Waals surface area contributed by atoms with Crippen LogP contribution in [0.2, 0.25) is 5.02 Å². The van der Waals surface area contributed by atoms with E-state index in [1.807, 2.05) is 48.2 Å². The fraction of sp³-hybridized carbons (Fsp3) is 0.310. The Balaban J connectivity index is 1.34. The number of piperazine rings is 1. The zero-order valence-electron chi connectivity index (χ0n) is 21.4. The van der Waals surface area contributed by atoms with Crippen LogP contribution in [0.15, 0.2) is 66.7 Å². The van der Waals surface area contributed by atoms with Gasteiger partial charge in [0.15, 0.2) is 0 Å². The van der Waals surface area contributed by atoms with Crippen molar-refractivity contribution in [1.82, 2.24) is 4.90 Å². The molecule has 3 aromatic rings. The molecule has 2 amide bonds. The highest BCUT2D eigenvalue weighted by atomic mass is 35.5. The molecule has 37 heavy (non-hydrogen) atoms. The summed E-state index contributed by atoms with van der Waals surface area (Å²) >= 11 is 6.10. The van der Waals surface area contributed by atoms with E-state index in [9.17, 15) is 9.59 Å². The molecule has 1 aliphatic rings. The zero-order chi connectivity index (χ0) is 26.4. The minimum Gasteiger partial charge on any atom is -0.496 e. The van der Waals surface area contributed by atoms with Gasteiger partial charge >= 0.3 is 0 Å². The van der Waals surface area contributed by atoms with Gasteiger partial charge in [-0.25, -0.2) is 0 Å². The van der Waals surface area contributed by atoms with Crippen molar-refractivity contribution >= 4 is 34.8 Å². The van der Waals surface area contributed by atoms with Crippen molar-refractivity contribution in [2.75, 3.05) is 43.5 Å². The summed E-state index contributed by atoms with van der Waals surface area (Å²) in [4.78, 5) is 29.8. The second-order valence-corrected chi connectivity index (χ2v) is 9.43. The number of halogens is 1. The van der Waals surface area contributed by atoms with E-state index in [-0.39, 0.29) is 17.9 Å². The number of anilines is 2. The highest BCUT2D eigenvalue weighted by Crippen LogP contribution is 2.26. The molecule has 1 saturated heterocycles. The number of carbonyl (C=O) groups excluding carboxylic acids is 2. The first-order chi connectivity index (χ1) is 17.9. The summed E-state index contributed by atoms with van der Waals surface area (Å²) in [6.45, 7) is 6.63. The summed E-state index contributed by atoms with van der Waals surface area (Å²) in [5.41, 5.74) is 2.76. The fourth-order valence-corrected chi connectivity index (χ4v) is 4.34. The largest absolute Gasteiger partial charge is 0.496 e. The number of rotatable bonds is 8. The Morgan fingerprint density at radius 2 is 1.73 bits per heavy atom. The maximum absolute atomic E-state index is 13.0. The van der Waals surface area contributed by atoms with Crippen molar-refractivity contribution in [3.63, 3.8) is 0 Å². The number of hydrogen-bond acceptors (Lipinski definition) is 5. The van der Waals surface area contributed by atoms with Gasteiger partial charge in [-0.2, -0.15) is 0 Å². The Bertz CT molecular complexity index is 1240. The molecule has 1 fully saturated rings. The predicted octanol–water partition coefficient (Wildman–Crippen LogP) is 5.74. The number of methoxy groups -OCH3 is 1. The summed E-state index contributed by atoms with van der Waals surface area (Å²) in [6.07, 6.45) is 0.982. The Kier molecular flexibility index (Phi) is 8.56. The maximum Gasteiger partial charge on any atom is 0.257 e. The van der Waals surface area contributed by atoms with E-state index >= 15 is 0 Å². The van der Waals surface area contributed by atoms with Crippen LogP contribution in [0.5, 0.6) is 11.5 Å². The number of hydrogen-bond donors (Lipinski definition) is 1. The minimum absolute atomic E-state index is 0.0873. The van der Waals surface area contributed by atoms with Crippen molar-refractivity contribution < 1.29 is 19.1 Å². The molecule has 1 aliphatic heterocycles. The smallest absolute Gasteiger partial charge is 0.257 e. The third-order valence-corrected chi connectivity index (χ3v) is 6.69. The van der Waals surface area contributed by atoms with Crippen molar-refractivity contribution in [1.29, 1.82) is 0 Å². The number of ether oxygens (including phenoxy) is 2. The topological polar surface area (TPSA) is 71.1 Å². The molecular weight excluding hydrogens is 490 g/mol. The predicted molar refractivity (Wildman–Crippen MR) is 147 cm³/mol. The molecule has 8 heteroatoms. The summed E-state index contributed by atoms with van der Waals surface area (Å²) in [5.74, 6) is 0.926. The van der Waals surface area contributed by atoms with Crippen molar-refractivity contribution in [2.45, 2.75) is 26.4 Å². The molecule has 0 aromatic heterocycles. The van der Waals surface area contributed by atoms with Crippen LogP contribution < -0.4 is 19.7 Å². The van der Waals surface area contributed by atoms with Crippen molar-refractivity contribution in [2.24, 2.45) is 0 Å². The second-order valence-electron chi connectivity index (χ2n) is 8.99. The van der Waals surface area contributed by atoms with Gasteiger partial charge in [-0.1, -0.05) is 24.6 Å². The number of nitrogens with one attached hydrogen (secondary N) is 1. The summed E-state index contributed by atoms with van der Waals surface area (Å²) < 4.78 is 11.2. The lowest BCUT2D eigenvalue weighted by Gasteiger charge is -2.36. The monoisotopic (exact) mass is 521 g/mol. The van der Waals surface area contributed by atoms with Gasteiger partial charge in [0.05, 0.1) is 18.8 Å². The third kappa shape index (κ3) is 6.54. The summed E-state index contributed by atoms with van der Waals surface area (Å²) in [6, 6.07) is 20.0. The Morgan fingerprint density at radius 1 is 1.00 bits per heavy atom. The standard InChI is InChI=1S/C29H32ClN3O4/c1-4-20(2)37-25-7-5-6-21(18-25)28(34)31-23-9-11-24(12-10-23)32-14-16-33(17-15-32)29(35)26-19-22(30)8-13-27(26)36-3/h5-13,18-20H,4,14-17H2,1-3H3,(H,31,34)/t20-/m1/s1. The lowest BCUT2D eigenvalue weighted by atomic mass is 10.1. The molecule has 0 unspecified atom stereocenters. The summed E-state index contributed by atoms with van der Waals surface area (Å²) in [5, 5.41) is 3.45. The van der Waals surface area contributed by atoms with E-state index in [1.165, 1.54) is 0 Å². The summed E-state index contributed by atoms with van der Waals surface area (Å²) in [7, 11) is 1.55. The molecule has 0 spiro atoms. The van der Waals surface area contributed by atoms with Crippen LogP contribution in [0.3, 0.4) is 0 Å². The molecule has 3 aromatic carbocycles. The highest BCUT2D eigenvalue weighted by Gasteiger charge is 2.25. The molecule has 1 N–H and O–H groups in total. The average Bonchev–Trinajstić information content (AvgIpc) is 2.93. The van der Waals surface area contributed by atoms with Gasteiger partial charge in [0, 0.05) is 48.1 Å². The average molecular weight is 522 g/mol. The second kappa shape index (κ2) is 12.0. The molecule has 194 valence electrons. The van der Waals surface area contributed by atoms with Crippen LogP contribution in [0, 0.1) is 0 Å². The fourth-order valence-electron chi connectivity index (χ4n) is 4.17. The van der Waals surface area contributed by atoms with Gasteiger partial charge < -0.3 is 24.6 Å². The third-order valence-electron chi connectivity index (χ3n) is 6.46. The van der Waals surface area contributed by atoms with Crippen LogP contribution >= 0.6 is 11.6 Å². The lowest BCUT2D eigenvalue weighted by molar-refractivity contribution is 0.0743. The first kappa shape index (κ1) is 26.4. The molecule has 1 heterocycles. The van der Waals surface area contributed by atoms with Gasteiger partial charge in [0.2, 0.25) is 0 Å². The normalized spacial score (nSPS) is 14.2. The minimum atomic E-state index is -0.189. The molecule has 0 aliphatic carbocycles. The Morgan fingerprint density at radius 3 is 2.41 bits per heavy atom. The van der Waals surface area contributed by atoms with Crippen LogP contribution in [-0.4, -0.2) is 56.1 Å². The molecule has 7 nitrogen and oxygen atoms in total. The van der Waals surface area contributed by atoms with E-state index in [4.69, 9.17) is 21.1 Å². The number of benzene rings is 3. The number of carbonyl (C=O) groups is 2. The lowest BCUT2D eigenvalue weighted by Crippen LogP contribution is -2.48. The van der Waals surface area contributed by atoms with Gasteiger partial charge in [-0.05, 0) is 74.0 Å². The van der Waals surface area contributed by atoms with Crippen LogP contribution in [0.4, 0.5) is 11.4 Å². The van der Waals surface area contributed by atoms with Gasteiger partial charge in [0.25, 0.3) is 11.8 Å². The highest BCUT2D eigenvalue weighted by molar-refractivity contribution is 6.31. The molecule has 1 atom stereocenters. The van der Waals surface area contributed by atoms with Crippen LogP contribution in [-0.2, 0) is 0 Å². The van der Waals surface area contributed by atoms with Crippen molar-refractivity contribution in [3.05, 3.63) is 82.9 Å². The molecular formula is C29H32ClN3O4. The quantitative estimate of drug-likeness (QED) is 0.409. The van der Waals surface area contributed by atoms with Crippen LogP contribution in [0.25, 0.3) is 0 Å². The zero-order valence-corrected chi connectivity index (χ0v) is 22.1. The number of amides is 2. The van der Waals surface area contributed by atoms with Gasteiger partial charge in [0.1, 0.15) is 11.5 Å². The van der Waals surface area contributed by atoms with E-state index in [0.717, 1.165) is 12.1 Å². The van der Waals surface area contributed by atoms with E-state index < -0.39 is 0 Å². The van der Waals surface area contributed by atoms with Crippen molar-refractivity contribution in [3.8, 4) is 11.5 Å². The molecule has 0 saturated carbocycles. The van der Waals surface area contributed by atoms with Gasteiger partial charge in [-0.3, -0.25) is 9.59 Å². The van der Waals surface area contributed by atoms with E-state index in [2.05, 4.69) is 17.1 Å².